The first-order chi connectivity index (χ1) is 13.5. The van der Waals surface area contributed by atoms with Crippen molar-refractivity contribution in [3.05, 3.63) is 58.7 Å². The molecule has 0 fully saturated rings. The molecule has 0 amide bonds. The largest absolute Gasteiger partial charge is 0.0962 e. The Morgan fingerprint density at radius 3 is 1.79 bits per heavy atom. The summed E-state index contributed by atoms with van der Waals surface area (Å²) in [6, 6.07) is 7.66. The number of hydrogen-bond acceptors (Lipinski definition) is 0. The second-order valence-electron chi connectivity index (χ2n) is 9.10. The number of rotatable bonds is 13. The molecule has 1 radical (unpaired) electrons. The van der Waals surface area contributed by atoms with E-state index in [9.17, 15) is 0 Å². The maximum atomic E-state index is 2.57. The van der Waals surface area contributed by atoms with Crippen LogP contribution in [-0.4, -0.2) is 8.07 Å². The first kappa shape index (κ1) is 23.2. The zero-order valence-electron chi connectivity index (χ0n) is 19.2. The highest BCUT2D eigenvalue weighted by atomic mass is 28.3. The van der Waals surface area contributed by atoms with Crippen LogP contribution in [0, 0.1) is 5.54 Å². The van der Waals surface area contributed by atoms with Gasteiger partial charge in [0.15, 0.2) is 0 Å². The minimum atomic E-state index is -1.64. The predicted octanol–water partition coefficient (Wildman–Crippen LogP) is 7.87. The van der Waals surface area contributed by atoms with E-state index in [1.54, 1.807) is 27.4 Å². The van der Waals surface area contributed by atoms with Gasteiger partial charge in [-0.2, -0.15) is 0 Å². The molecule has 1 aromatic carbocycles. The molecule has 1 aliphatic carbocycles. The zero-order chi connectivity index (χ0) is 20.4. The minimum absolute atomic E-state index is 1.15. The van der Waals surface area contributed by atoms with Gasteiger partial charge in [0.1, 0.15) is 0 Å². The van der Waals surface area contributed by atoms with Crippen LogP contribution in [-0.2, 0) is 12.8 Å². The first-order valence-corrected chi connectivity index (χ1v) is 14.9. The molecular weight excluding hydrogens is 352 g/mol. The topological polar surface area (TPSA) is 0 Å². The third kappa shape index (κ3) is 6.48. The van der Waals surface area contributed by atoms with Crippen LogP contribution >= 0.6 is 0 Å². The van der Waals surface area contributed by atoms with Crippen molar-refractivity contribution >= 4 is 13.3 Å². The lowest BCUT2D eigenvalue weighted by molar-refractivity contribution is 0.661. The van der Waals surface area contributed by atoms with Gasteiger partial charge in [-0.05, 0) is 43.2 Å². The molecule has 1 aliphatic rings. The molecule has 1 heteroatoms. The van der Waals surface area contributed by atoms with Crippen LogP contribution in [0.25, 0.3) is 0 Å². The van der Waals surface area contributed by atoms with E-state index in [4.69, 9.17) is 0 Å². The van der Waals surface area contributed by atoms with Crippen LogP contribution in [0.1, 0.15) is 89.7 Å². The summed E-state index contributed by atoms with van der Waals surface area (Å²) in [5.41, 5.74) is 6.39. The molecule has 0 atom stereocenters. The van der Waals surface area contributed by atoms with E-state index in [1.165, 1.54) is 64.2 Å². The van der Waals surface area contributed by atoms with Crippen molar-refractivity contribution in [3.63, 3.8) is 0 Å². The molecule has 155 valence electrons. The van der Waals surface area contributed by atoms with Crippen LogP contribution < -0.4 is 5.19 Å². The van der Waals surface area contributed by atoms with Crippen molar-refractivity contribution in [3.8, 4) is 0 Å². The van der Waals surface area contributed by atoms with Gasteiger partial charge >= 0.3 is 0 Å². The molecule has 0 saturated carbocycles. The second kappa shape index (κ2) is 11.8. The van der Waals surface area contributed by atoms with Gasteiger partial charge in [-0.3, -0.25) is 0 Å². The Labute approximate surface area is 176 Å². The zero-order valence-corrected chi connectivity index (χ0v) is 20.2. The molecule has 0 N–H and O–H groups in total. The molecule has 0 heterocycles. The van der Waals surface area contributed by atoms with Gasteiger partial charge in [-0.15, -0.1) is 0 Å². The number of aryl methyl sites for hydroxylation is 2. The standard InChI is InChI=1S/C27H43Si/c1-6-9-11-13-16-23-20-24(17-14-12-10-7-2)22-26(21-23)28(4,5)27-19-15-18-25(27)8-3/h15,18-22H,6-14,16-17H2,1-5H3. The van der Waals surface area contributed by atoms with Gasteiger partial charge in [0.05, 0.1) is 8.07 Å². The van der Waals surface area contributed by atoms with Gasteiger partial charge < -0.3 is 0 Å². The maximum absolute atomic E-state index is 2.57. The Bertz CT molecular complexity index is 620. The number of benzene rings is 1. The normalized spacial score (nSPS) is 14.7. The first-order valence-electron chi connectivity index (χ1n) is 11.9. The van der Waals surface area contributed by atoms with E-state index in [-0.39, 0.29) is 0 Å². The van der Waals surface area contributed by atoms with E-state index >= 15 is 0 Å². The van der Waals surface area contributed by atoms with Crippen molar-refractivity contribution in [2.45, 2.75) is 104 Å². The molecule has 0 bridgehead atoms. The summed E-state index contributed by atoms with van der Waals surface area (Å²) in [6.45, 7) is 12.0. The number of allylic oxidation sites excluding steroid dienone is 4. The van der Waals surface area contributed by atoms with Gasteiger partial charge in [-0.25, -0.2) is 0 Å². The summed E-state index contributed by atoms with van der Waals surface area (Å²) in [6.07, 6.45) is 21.5. The summed E-state index contributed by atoms with van der Waals surface area (Å²) in [5.74, 6) is 0. The molecule has 0 unspecified atom stereocenters. The van der Waals surface area contributed by atoms with Crippen molar-refractivity contribution < 1.29 is 0 Å². The molecule has 1 aromatic rings. The van der Waals surface area contributed by atoms with Crippen LogP contribution in [0.3, 0.4) is 0 Å². The van der Waals surface area contributed by atoms with E-state index in [1.807, 2.05) is 0 Å². The number of hydrogen-bond donors (Lipinski definition) is 0. The fraction of sp³-hybridized carbons (Fsp3) is 0.593. The van der Waals surface area contributed by atoms with Gasteiger partial charge in [-0.1, -0.05) is 120 Å². The smallest absolute Gasteiger partial charge is 0.0757 e. The van der Waals surface area contributed by atoms with Gasteiger partial charge in [0.2, 0.25) is 0 Å². The van der Waals surface area contributed by atoms with Crippen LogP contribution in [0.15, 0.2) is 42.0 Å². The van der Waals surface area contributed by atoms with Crippen molar-refractivity contribution in [2.75, 3.05) is 0 Å². The Hall–Kier alpha value is -1.08. The van der Waals surface area contributed by atoms with E-state index in [0.717, 1.165) is 6.42 Å². The van der Waals surface area contributed by atoms with Gasteiger partial charge in [0.25, 0.3) is 0 Å². The van der Waals surface area contributed by atoms with Crippen LogP contribution in [0.4, 0.5) is 0 Å². The summed E-state index contributed by atoms with van der Waals surface area (Å²) in [4.78, 5) is 0. The summed E-state index contributed by atoms with van der Waals surface area (Å²) >= 11 is 0. The summed E-state index contributed by atoms with van der Waals surface area (Å²) < 4.78 is 0. The van der Waals surface area contributed by atoms with Crippen molar-refractivity contribution in [1.29, 1.82) is 0 Å². The fourth-order valence-corrected chi connectivity index (χ4v) is 7.43. The third-order valence-electron chi connectivity index (χ3n) is 6.37. The summed E-state index contributed by atoms with van der Waals surface area (Å²) in [7, 11) is -1.64. The molecule has 28 heavy (non-hydrogen) atoms. The minimum Gasteiger partial charge on any atom is -0.0757 e. The van der Waals surface area contributed by atoms with E-state index in [0.29, 0.717) is 0 Å². The SMILES string of the molecule is CCCCCCc1cc(CCCCCC)cc([Si](C)(C)[C]2C=CC=C2CC)c1. The predicted molar refractivity (Wildman–Crippen MR) is 130 cm³/mol. The monoisotopic (exact) mass is 395 g/mol. The molecule has 0 aliphatic heterocycles. The van der Waals surface area contributed by atoms with Crippen LogP contribution in [0.5, 0.6) is 0 Å². The van der Waals surface area contributed by atoms with Gasteiger partial charge in [0, 0.05) is 5.54 Å². The van der Waals surface area contributed by atoms with Crippen LogP contribution in [0.2, 0.25) is 13.1 Å². The lowest BCUT2D eigenvalue weighted by Gasteiger charge is -2.31. The number of unbranched alkanes of at least 4 members (excludes halogenated alkanes) is 6. The highest BCUT2D eigenvalue weighted by Gasteiger charge is 2.36. The molecule has 2 rings (SSSR count). The lowest BCUT2D eigenvalue weighted by atomic mass is 10.0. The average molecular weight is 396 g/mol. The lowest BCUT2D eigenvalue weighted by Crippen LogP contribution is -2.47. The van der Waals surface area contributed by atoms with E-state index < -0.39 is 8.07 Å². The Morgan fingerprint density at radius 2 is 1.29 bits per heavy atom. The Balaban J connectivity index is 2.22. The fourth-order valence-electron chi connectivity index (χ4n) is 4.45. The van der Waals surface area contributed by atoms with E-state index in [2.05, 4.69) is 70.3 Å². The molecule has 0 aromatic heterocycles. The van der Waals surface area contributed by atoms with Crippen molar-refractivity contribution in [1.82, 2.24) is 0 Å². The Kier molecular flexibility index (Phi) is 9.78. The third-order valence-corrected chi connectivity index (χ3v) is 9.94. The van der Waals surface area contributed by atoms with Crippen molar-refractivity contribution in [2.24, 2.45) is 0 Å². The summed E-state index contributed by atoms with van der Waals surface area (Å²) in [5, 5.41) is 1.65. The maximum Gasteiger partial charge on any atom is 0.0962 e. The molecule has 0 nitrogen and oxygen atoms in total. The second-order valence-corrected chi connectivity index (χ2v) is 13.5. The molecule has 0 spiro atoms. The molecule has 0 saturated heterocycles. The Morgan fingerprint density at radius 1 is 0.714 bits per heavy atom. The quantitative estimate of drug-likeness (QED) is 0.235. The average Bonchev–Trinajstić information content (AvgIpc) is 3.18. The highest BCUT2D eigenvalue weighted by Crippen LogP contribution is 2.33. The highest BCUT2D eigenvalue weighted by molar-refractivity contribution is 6.95. The molecular formula is C27H43Si.